The lowest BCUT2D eigenvalue weighted by molar-refractivity contribution is -0.146. The Bertz CT molecular complexity index is 3900. The maximum absolute atomic E-state index is 14.5. The van der Waals surface area contributed by atoms with Crippen molar-refractivity contribution in [3.8, 4) is 0 Å². The van der Waals surface area contributed by atoms with Crippen LogP contribution in [0.1, 0.15) is 264 Å². The van der Waals surface area contributed by atoms with Crippen LogP contribution in [0.25, 0.3) is 0 Å². The van der Waals surface area contributed by atoms with Gasteiger partial charge >= 0.3 is 0 Å². The normalized spacial score (nSPS) is 16.7. The Hall–Kier alpha value is -10.6. The van der Waals surface area contributed by atoms with Gasteiger partial charge in [0.1, 0.15) is 98.2 Å². The largest absolute Gasteiger partial charge is 0.394 e. The molecule has 0 aromatic rings. The van der Waals surface area contributed by atoms with Crippen molar-refractivity contribution in [3.63, 3.8) is 0 Å². The molecule has 1 saturated heterocycles. The second-order valence-corrected chi connectivity index (χ2v) is 37.0. The number of nitrogens with two attached hydrogens (primary N) is 2. The topological polar surface area (TPSA) is 621 Å². The summed E-state index contributed by atoms with van der Waals surface area (Å²) in [4.78, 5) is 274. The molecule has 20 amide bonds. The monoisotopic (exact) mass is 1750 g/mol. The number of nitrogens with zero attached hydrogens (tertiary/aromatic N) is 1. The summed E-state index contributed by atoms with van der Waals surface area (Å²) < 4.78 is 0. The van der Waals surface area contributed by atoms with Crippen LogP contribution in [0.15, 0.2) is 0 Å². The standard InChI is InChI=1S/C82H144N20O21/c1-29-80(26,98-61(111)50(35-37-56(84)106)91-71(121)81(27,30-2)101-72(122)82(28,31-3)97-59(109)46(11)85-57(107)45(10)86-65(115)74(14,15)93-48(13)104)70(120)92-52(40-43(6)7)63(113)95-75(16,17)66(116)87-47(12)58(108)94-77(20,21)69(119)100-79(24,25)73(123)102-38-32-33-54(102)64(114)88-51(39-42(4)5)62(112)96-78(22,23)68(118)99-76(18,19)67(117)90-49(34-36-55(83)105)60(110)89-53(41-103)44(8)9/h42-47,49-54,103H,29-41H2,1-28H3,(H2,83,105)(H2,84,106)(H,85,107)(H,86,115)(H,87,116)(H,88,114)(H,89,110)(H,90,117)(H,91,121)(H,92,120)(H,93,104)(H,94,108)(H,95,113)(H,96,112)(H,97,109)(H,98,111)(H,99,118)(H,100,119)(H,101,122)/t45-,46-,47-,49-,50-,51-,52-,53+,54-,80+,81+,82+/m0/s1. The van der Waals surface area contributed by atoms with E-state index in [1.807, 2.05) is 0 Å². The Morgan fingerprint density at radius 1 is 0.358 bits per heavy atom. The van der Waals surface area contributed by atoms with Gasteiger partial charge in [0.25, 0.3) is 0 Å². The molecule has 1 aliphatic heterocycles. The van der Waals surface area contributed by atoms with E-state index in [4.69, 9.17) is 11.5 Å². The second kappa shape index (κ2) is 45.7. The van der Waals surface area contributed by atoms with Gasteiger partial charge in [-0.05, 0) is 200 Å². The molecule has 1 heterocycles. The third-order valence-electron chi connectivity index (χ3n) is 21.5. The van der Waals surface area contributed by atoms with Crippen LogP contribution in [0, 0.1) is 17.8 Å². The number of aliphatic hydroxyl groups is 1. The number of carbonyl (C=O) groups is 20. The summed E-state index contributed by atoms with van der Waals surface area (Å²) >= 11 is 0. The summed E-state index contributed by atoms with van der Waals surface area (Å²) in [5.41, 5.74) is -4.80. The van der Waals surface area contributed by atoms with Crippen LogP contribution in [0.4, 0.5) is 0 Å². The summed E-state index contributed by atoms with van der Waals surface area (Å²) in [5.74, 6) is -16.9. The van der Waals surface area contributed by atoms with Crippen LogP contribution in [0.3, 0.4) is 0 Å². The number of aliphatic hydroxyl groups excluding tert-OH is 1. The SMILES string of the molecule is CC[C@@](C)(NC(=O)[C@H](C)NC(=O)[C@H](C)NC(=O)C(C)(C)NC(C)=O)C(=O)N[C@](C)(CC)C(=O)N[C@@H](CCC(N)=O)C(=O)N[C@](C)(CC)C(=O)N[C@@H](CC(C)C)C(=O)NC(C)(C)C(=O)N[C@@H](C)C(=O)NC(C)(C)C(=O)NC(C)(C)C(=O)N1CCC[C@H]1C(=O)N[C@@H](CC(C)C)C(=O)NC(C)(C)C(=O)NC(C)(C)C(=O)N[C@@H](CCC(N)=O)C(=O)N[C@H](CO)C(C)C. The van der Waals surface area contributed by atoms with Gasteiger partial charge < -0.3 is 112 Å². The fraction of sp³-hybridized carbons (Fsp3) is 0.756. The van der Waals surface area contributed by atoms with Crippen LogP contribution in [-0.4, -0.2) is 246 Å². The first kappa shape index (κ1) is 110. The predicted molar refractivity (Wildman–Crippen MR) is 454 cm³/mol. The highest BCUT2D eigenvalue weighted by molar-refractivity contribution is 6.04. The number of nitrogens with one attached hydrogen (secondary N) is 17. The zero-order valence-corrected chi connectivity index (χ0v) is 77.3. The van der Waals surface area contributed by atoms with Gasteiger partial charge in [-0.2, -0.15) is 0 Å². The zero-order chi connectivity index (χ0) is 95.8. The molecule has 0 spiro atoms. The molecule has 0 radical (unpaired) electrons. The van der Waals surface area contributed by atoms with E-state index in [0.717, 1.165) is 0 Å². The first-order chi connectivity index (χ1) is 56.0. The van der Waals surface area contributed by atoms with E-state index in [2.05, 4.69) is 90.4 Å². The molecule has 1 aliphatic rings. The lowest BCUT2D eigenvalue weighted by Gasteiger charge is -2.37. The summed E-state index contributed by atoms with van der Waals surface area (Å²) in [7, 11) is 0. The molecule has 12 atom stereocenters. The molecule has 41 heteroatoms. The molecule has 1 rings (SSSR count). The van der Waals surface area contributed by atoms with Crippen LogP contribution >= 0.6 is 0 Å². The first-order valence-corrected chi connectivity index (χ1v) is 41.8. The summed E-state index contributed by atoms with van der Waals surface area (Å²) in [6, 6.07) is -11.2. The molecule has 22 N–H and O–H groups in total. The average Bonchev–Trinajstić information content (AvgIpc) is 1.69. The van der Waals surface area contributed by atoms with E-state index in [1.54, 1.807) is 62.3 Å². The Labute approximate surface area is 722 Å². The van der Waals surface area contributed by atoms with Gasteiger partial charge in [-0.3, -0.25) is 95.9 Å². The van der Waals surface area contributed by atoms with Gasteiger partial charge in [0.15, 0.2) is 0 Å². The van der Waals surface area contributed by atoms with Crippen molar-refractivity contribution in [2.75, 3.05) is 13.2 Å². The van der Waals surface area contributed by atoms with Crippen LogP contribution in [-0.2, 0) is 95.9 Å². The van der Waals surface area contributed by atoms with Crippen molar-refractivity contribution in [2.45, 2.75) is 369 Å². The molecular formula is C82H144N20O21. The van der Waals surface area contributed by atoms with Crippen molar-refractivity contribution < 1.29 is 101 Å². The van der Waals surface area contributed by atoms with Gasteiger partial charge in [0.05, 0.1) is 12.6 Å². The molecular weight excluding hydrogens is 1600 g/mol. The summed E-state index contributed by atoms with van der Waals surface area (Å²) in [6.07, 6.45) is -1.10. The van der Waals surface area contributed by atoms with Gasteiger partial charge in [-0.25, -0.2) is 0 Å². The molecule has 0 aliphatic carbocycles. The van der Waals surface area contributed by atoms with Crippen molar-refractivity contribution in [3.05, 3.63) is 0 Å². The van der Waals surface area contributed by atoms with Crippen molar-refractivity contribution in [2.24, 2.45) is 29.2 Å². The molecule has 1 fully saturated rings. The molecule has 0 saturated carbocycles. The summed E-state index contributed by atoms with van der Waals surface area (Å²) in [6.45, 7) is 40.5. The highest BCUT2D eigenvalue weighted by Crippen LogP contribution is 2.25. The van der Waals surface area contributed by atoms with Gasteiger partial charge in [0.2, 0.25) is 118 Å². The Morgan fingerprint density at radius 2 is 0.691 bits per heavy atom. The average molecular weight is 1750 g/mol. The Kier molecular flexibility index (Phi) is 41.0. The number of primary amides is 2. The van der Waals surface area contributed by atoms with Crippen molar-refractivity contribution >= 4 is 118 Å². The molecule has 0 aromatic heterocycles. The van der Waals surface area contributed by atoms with E-state index >= 15 is 0 Å². The zero-order valence-electron chi connectivity index (χ0n) is 77.3. The third-order valence-corrected chi connectivity index (χ3v) is 21.5. The highest BCUT2D eigenvalue weighted by Gasteiger charge is 2.49. The van der Waals surface area contributed by atoms with E-state index < -0.39 is 242 Å². The fourth-order valence-corrected chi connectivity index (χ4v) is 12.3. The maximum Gasteiger partial charge on any atom is 0.248 e. The third kappa shape index (κ3) is 33.5. The van der Waals surface area contributed by atoms with E-state index in [0.29, 0.717) is 6.42 Å². The van der Waals surface area contributed by atoms with Gasteiger partial charge in [0, 0.05) is 26.3 Å². The number of amides is 20. The van der Waals surface area contributed by atoms with E-state index in [-0.39, 0.29) is 75.7 Å². The van der Waals surface area contributed by atoms with Gasteiger partial charge in [-0.1, -0.05) is 62.3 Å². The number of rotatable bonds is 49. The minimum atomic E-state index is -1.85. The highest BCUT2D eigenvalue weighted by atomic mass is 16.3. The minimum Gasteiger partial charge on any atom is -0.394 e. The second-order valence-electron chi connectivity index (χ2n) is 37.0. The number of hydrogen-bond acceptors (Lipinski definition) is 21. The summed E-state index contributed by atoms with van der Waals surface area (Å²) in [5, 5.41) is 53.9. The molecule has 41 nitrogen and oxygen atoms in total. The molecule has 698 valence electrons. The van der Waals surface area contributed by atoms with Crippen LogP contribution in [0.2, 0.25) is 0 Å². The fourth-order valence-electron chi connectivity index (χ4n) is 12.3. The molecule has 0 bridgehead atoms. The number of likely N-dealkylation sites (tertiary alicyclic amines) is 1. The minimum absolute atomic E-state index is 0.0212. The Balaban J connectivity index is 3.29. The van der Waals surface area contributed by atoms with E-state index in [9.17, 15) is 101 Å². The van der Waals surface area contributed by atoms with Crippen molar-refractivity contribution in [1.29, 1.82) is 0 Å². The van der Waals surface area contributed by atoms with Gasteiger partial charge in [-0.15, -0.1) is 0 Å². The van der Waals surface area contributed by atoms with Crippen molar-refractivity contribution in [1.82, 2.24) is 95.3 Å². The predicted octanol–water partition coefficient (Wildman–Crippen LogP) is -2.57. The number of hydrogen-bond donors (Lipinski definition) is 20. The quantitative estimate of drug-likeness (QED) is 0.0298. The lowest BCUT2D eigenvalue weighted by Crippen LogP contribution is -2.67. The first-order valence-electron chi connectivity index (χ1n) is 41.8. The number of carbonyl (C=O) groups excluding carboxylic acids is 20. The van der Waals surface area contributed by atoms with Crippen LogP contribution < -0.4 is 102 Å². The van der Waals surface area contributed by atoms with E-state index in [1.165, 1.54) is 136 Å². The lowest BCUT2D eigenvalue weighted by atomic mass is 9.91. The molecule has 0 unspecified atom stereocenters. The smallest absolute Gasteiger partial charge is 0.248 e. The molecule has 0 aromatic carbocycles. The molecule has 123 heavy (non-hydrogen) atoms. The maximum atomic E-state index is 14.5. The van der Waals surface area contributed by atoms with Crippen LogP contribution in [0.5, 0.6) is 0 Å². The Morgan fingerprint density at radius 3 is 1.11 bits per heavy atom.